The van der Waals surface area contributed by atoms with Gasteiger partial charge in [0.1, 0.15) is 11.4 Å². The molecule has 1 heterocycles. The lowest BCUT2D eigenvalue weighted by Gasteiger charge is -2.13. The van der Waals surface area contributed by atoms with Crippen LogP contribution in [-0.2, 0) is 9.59 Å². The Labute approximate surface area is 280 Å². The Balaban J connectivity index is 1.22. The topological polar surface area (TPSA) is 128 Å². The number of hydrogen-bond donors (Lipinski definition) is 3. The summed E-state index contributed by atoms with van der Waals surface area (Å²) in [6.45, 7) is 2.50. The van der Waals surface area contributed by atoms with Crippen molar-refractivity contribution in [3.63, 3.8) is 0 Å². The highest BCUT2D eigenvalue weighted by atomic mass is 32.2. The predicted molar refractivity (Wildman–Crippen MR) is 187 cm³/mol. The number of rotatable bonds is 13. The molecule has 0 atom stereocenters. The van der Waals surface area contributed by atoms with Crippen molar-refractivity contribution in [3.8, 4) is 17.2 Å². The molecule has 10 nitrogen and oxygen atoms in total. The van der Waals surface area contributed by atoms with Gasteiger partial charge in [0.15, 0.2) is 16.6 Å². The summed E-state index contributed by atoms with van der Waals surface area (Å²) in [7, 11) is 3.06. The normalized spacial score (nSPS) is 11.1. The fourth-order valence-electron chi connectivity index (χ4n) is 4.40. The number of amides is 3. The van der Waals surface area contributed by atoms with Crippen molar-refractivity contribution in [2.24, 2.45) is 0 Å². The third kappa shape index (κ3) is 8.90. The number of ether oxygens (including phenoxy) is 3. The van der Waals surface area contributed by atoms with Crippen molar-refractivity contribution in [1.29, 1.82) is 0 Å². The van der Waals surface area contributed by atoms with E-state index in [0.29, 0.717) is 40.1 Å². The maximum Gasteiger partial charge on any atom is 0.272 e. The molecule has 47 heavy (non-hydrogen) atoms. The number of anilines is 2. The van der Waals surface area contributed by atoms with E-state index >= 15 is 0 Å². The van der Waals surface area contributed by atoms with E-state index in [2.05, 4.69) is 20.9 Å². The first kappa shape index (κ1) is 33.0. The number of nitrogens with zero attached hydrogens (tertiary/aromatic N) is 1. The molecule has 4 aromatic carbocycles. The minimum atomic E-state index is -0.520. The third-order valence-electron chi connectivity index (χ3n) is 6.65. The third-order valence-corrected chi connectivity index (χ3v) is 8.59. The fourth-order valence-corrected chi connectivity index (χ4v) is 6.01. The zero-order valence-electron chi connectivity index (χ0n) is 25.9. The smallest absolute Gasteiger partial charge is 0.272 e. The van der Waals surface area contributed by atoms with Crippen LogP contribution < -0.4 is 30.2 Å². The fraction of sp³-hybridized carbons (Fsp3) is 0.143. The van der Waals surface area contributed by atoms with Crippen LogP contribution in [0.3, 0.4) is 0 Å². The van der Waals surface area contributed by atoms with Crippen LogP contribution in [0.4, 0.5) is 10.8 Å². The highest BCUT2D eigenvalue weighted by Gasteiger charge is 2.16. The maximum atomic E-state index is 13.4. The van der Waals surface area contributed by atoms with E-state index in [1.165, 1.54) is 37.3 Å². The molecule has 3 amide bonds. The van der Waals surface area contributed by atoms with Gasteiger partial charge in [-0.15, -0.1) is 11.8 Å². The summed E-state index contributed by atoms with van der Waals surface area (Å²) >= 11 is 2.74. The predicted octanol–water partition coefficient (Wildman–Crippen LogP) is 6.85. The number of nitrogens with one attached hydrogen (secondary N) is 3. The highest BCUT2D eigenvalue weighted by Crippen LogP contribution is 2.30. The van der Waals surface area contributed by atoms with Crippen molar-refractivity contribution in [1.82, 2.24) is 10.3 Å². The Morgan fingerprint density at radius 3 is 2.36 bits per heavy atom. The Hall–Kier alpha value is -5.33. The molecule has 0 aliphatic carbocycles. The number of hydrogen-bond acceptors (Lipinski definition) is 9. The van der Waals surface area contributed by atoms with Crippen LogP contribution in [0.15, 0.2) is 102 Å². The van der Waals surface area contributed by atoms with Gasteiger partial charge in [-0.05, 0) is 85.3 Å². The van der Waals surface area contributed by atoms with Gasteiger partial charge < -0.3 is 30.2 Å². The van der Waals surface area contributed by atoms with E-state index in [0.717, 1.165) is 20.9 Å². The molecule has 0 aliphatic heterocycles. The van der Waals surface area contributed by atoms with Gasteiger partial charge in [0, 0.05) is 16.1 Å². The van der Waals surface area contributed by atoms with Crippen molar-refractivity contribution < 1.29 is 28.6 Å². The molecular formula is C35H32N4O6S2. The summed E-state index contributed by atoms with van der Waals surface area (Å²) < 4.78 is 17.2. The molecule has 0 saturated carbocycles. The SMILES string of the molecule is CCOc1ccc2nc(NC(=O)CSc3ccc(NC(=O)/C(=C/c4ccc(OC)c(OC)c4)NC(=O)c4ccccc4)cc3)sc2c1. The van der Waals surface area contributed by atoms with Gasteiger partial charge in [0.25, 0.3) is 11.8 Å². The zero-order chi connectivity index (χ0) is 33.2. The minimum absolute atomic E-state index is 0.0326. The summed E-state index contributed by atoms with van der Waals surface area (Å²) in [5.41, 5.74) is 2.36. The molecule has 1 aromatic heterocycles. The molecule has 0 aliphatic rings. The largest absolute Gasteiger partial charge is 0.494 e. The molecule has 0 spiro atoms. The molecule has 5 rings (SSSR count). The van der Waals surface area contributed by atoms with E-state index < -0.39 is 11.8 Å². The van der Waals surface area contributed by atoms with Crippen LogP contribution in [0.25, 0.3) is 16.3 Å². The molecule has 0 unspecified atom stereocenters. The molecule has 0 bridgehead atoms. The number of benzene rings is 4. The van der Waals surface area contributed by atoms with Gasteiger partial charge in [-0.1, -0.05) is 35.6 Å². The molecule has 12 heteroatoms. The average molecular weight is 669 g/mol. The van der Waals surface area contributed by atoms with Crippen molar-refractivity contribution >= 4 is 67.9 Å². The van der Waals surface area contributed by atoms with Crippen LogP contribution in [0, 0.1) is 0 Å². The number of carbonyl (C=O) groups excluding carboxylic acids is 3. The molecule has 0 fully saturated rings. The van der Waals surface area contributed by atoms with E-state index in [9.17, 15) is 14.4 Å². The first-order valence-electron chi connectivity index (χ1n) is 14.5. The lowest BCUT2D eigenvalue weighted by Crippen LogP contribution is -2.30. The number of thioether (sulfide) groups is 1. The van der Waals surface area contributed by atoms with E-state index in [1.54, 1.807) is 78.9 Å². The monoisotopic (exact) mass is 668 g/mol. The van der Waals surface area contributed by atoms with Crippen LogP contribution in [-0.4, -0.2) is 49.3 Å². The minimum Gasteiger partial charge on any atom is -0.494 e. The number of methoxy groups -OCH3 is 2. The van der Waals surface area contributed by atoms with Gasteiger partial charge in [-0.2, -0.15) is 0 Å². The summed E-state index contributed by atoms with van der Waals surface area (Å²) in [4.78, 5) is 44.4. The average Bonchev–Trinajstić information content (AvgIpc) is 3.49. The van der Waals surface area contributed by atoms with Gasteiger partial charge in [0.2, 0.25) is 5.91 Å². The van der Waals surface area contributed by atoms with Crippen LogP contribution in [0.1, 0.15) is 22.8 Å². The quantitative estimate of drug-likeness (QED) is 0.0918. The molecule has 0 radical (unpaired) electrons. The van der Waals surface area contributed by atoms with Crippen LogP contribution in [0.2, 0.25) is 0 Å². The first-order chi connectivity index (χ1) is 22.8. The van der Waals surface area contributed by atoms with E-state index in [4.69, 9.17) is 14.2 Å². The number of aromatic nitrogens is 1. The Morgan fingerprint density at radius 2 is 1.64 bits per heavy atom. The number of fused-ring (bicyclic) bond motifs is 1. The van der Waals surface area contributed by atoms with E-state index in [-0.39, 0.29) is 17.4 Å². The summed E-state index contributed by atoms with van der Waals surface area (Å²) in [5, 5.41) is 8.94. The lowest BCUT2D eigenvalue weighted by atomic mass is 10.1. The van der Waals surface area contributed by atoms with Crippen LogP contribution >= 0.6 is 23.1 Å². The lowest BCUT2D eigenvalue weighted by molar-refractivity contribution is -0.114. The summed E-state index contributed by atoms with van der Waals surface area (Å²) in [6, 6.07) is 26.5. The molecule has 0 saturated heterocycles. The standard InChI is InChI=1S/C35H32N4O6S2/c1-4-45-25-13-16-27-31(20-25)47-35(38-27)39-32(40)21-46-26-14-11-24(12-15-26)36-34(42)28(37-33(41)23-8-6-5-7-9-23)18-22-10-17-29(43-2)30(19-22)44-3/h5-20H,4,21H2,1-3H3,(H,36,42)(H,37,41)(H,38,39,40)/b28-18-. The zero-order valence-corrected chi connectivity index (χ0v) is 27.5. The molecule has 3 N–H and O–H groups in total. The number of carbonyl (C=O) groups is 3. The van der Waals surface area contributed by atoms with Gasteiger partial charge in [0.05, 0.1) is 36.8 Å². The van der Waals surface area contributed by atoms with Crippen molar-refractivity contribution in [2.45, 2.75) is 11.8 Å². The first-order valence-corrected chi connectivity index (χ1v) is 16.3. The van der Waals surface area contributed by atoms with Crippen molar-refractivity contribution in [2.75, 3.05) is 37.2 Å². The Bertz CT molecular complexity index is 1910. The second-order valence-electron chi connectivity index (χ2n) is 9.89. The van der Waals surface area contributed by atoms with E-state index in [1.807, 2.05) is 25.1 Å². The van der Waals surface area contributed by atoms with Gasteiger partial charge in [-0.25, -0.2) is 4.98 Å². The molecule has 240 valence electrons. The molecular weight excluding hydrogens is 637 g/mol. The second kappa shape index (κ2) is 15.8. The number of thiazole rings is 1. The highest BCUT2D eigenvalue weighted by molar-refractivity contribution is 8.00. The second-order valence-corrected chi connectivity index (χ2v) is 12.0. The van der Waals surface area contributed by atoms with Crippen LogP contribution in [0.5, 0.6) is 17.2 Å². The van der Waals surface area contributed by atoms with Gasteiger partial charge in [-0.3, -0.25) is 14.4 Å². The molecule has 5 aromatic rings. The maximum absolute atomic E-state index is 13.4. The Morgan fingerprint density at radius 1 is 0.872 bits per heavy atom. The summed E-state index contributed by atoms with van der Waals surface area (Å²) in [5.74, 6) is 0.817. The van der Waals surface area contributed by atoms with Gasteiger partial charge >= 0.3 is 0 Å². The Kier molecular flexibility index (Phi) is 11.1. The van der Waals surface area contributed by atoms with Crippen molar-refractivity contribution in [3.05, 3.63) is 108 Å². The summed E-state index contributed by atoms with van der Waals surface area (Å²) in [6.07, 6.45) is 1.56.